The SMILES string of the molecule is Cc1ccc(Cn2cc(C(=O)Nc3ccc4c(c3)OCO4)ccc2=O)cc1. The van der Waals surface area contributed by atoms with Crippen LogP contribution >= 0.6 is 0 Å². The van der Waals surface area contributed by atoms with E-state index in [9.17, 15) is 9.59 Å². The zero-order valence-electron chi connectivity index (χ0n) is 14.8. The lowest BCUT2D eigenvalue weighted by Crippen LogP contribution is -2.22. The summed E-state index contributed by atoms with van der Waals surface area (Å²) in [6, 6.07) is 16.1. The van der Waals surface area contributed by atoms with Gasteiger partial charge in [-0.2, -0.15) is 0 Å². The van der Waals surface area contributed by atoms with E-state index in [1.807, 2.05) is 31.2 Å². The number of nitrogens with one attached hydrogen (secondary N) is 1. The molecular weight excluding hydrogens is 344 g/mol. The third kappa shape index (κ3) is 3.69. The molecule has 3 aromatic rings. The van der Waals surface area contributed by atoms with E-state index in [-0.39, 0.29) is 18.3 Å². The summed E-state index contributed by atoms with van der Waals surface area (Å²) < 4.78 is 12.1. The predicted molar refractivity (Wildman–Crippen MR) is 102 cm³/mol. The van der Waals surface area contributed by atoms with E-state index in [4.69, 9.17) is 9.47 Å². The van der Waals surface area contributed by atoms with E-state index in [1.54, 1.807) is 24.4 Å². The van der Waals surface area contributed by atoms with Crippen molar-refractivity contribution in [2.75, 3.05) is 12.1 Å². The first-order valence-electron chi connectivity index (χ1n) is 8.55. The Bertz CT molecular complexity index is 1050. The fourth-order valence-electron chi connectivity index (χ4n) is 2.86. The second kappa shape index (κ2) is 6.99. The van der Waals surface area contributed by atoms with Gasteiger partial charge in [0, 0.05) is 24.0 Å². The van der Waals surface area contributed by atoms with Crippen molar-refractivity contribution in [1.29, 1.82) is 0 Å². The van der Waals surface area contributed by atoms with Gasteiger partial charge < -0.3 is 19.4 Å². The fraction of sp³-hybridized carbons (Fsp3) is 0.143. The van der Waals surface area contributed by atoms with Crippen LogP contribution in [-0.2, 0) is 6.54 Å². The van der Waals surface area contributed by atoms with Crippen LogP contribution in [0.5, 0.6) is 11.5 Å². The molecule has 0 saturated carbocycles. The Morgan fingerprint density at radius 2 is 1.81 bits per heavy atom. The van der Waals surface area contributed by atoms with Crippen LogP contribution in [-0.4, -0.2) is 17.3 Å². The van der Waals surface area contributed by atoms with Crippen LogP contribution in [0.15, 0.2) is 65.6 Å². The standard InChI is InChI=1S/C21H18N2O4/c1-14-2-4-15(5-3-14)11-23-12-16(6-9-20(23)24)21(25)22-17-7-8-18-19(10-17)27-13-26-18/h2-10,12H,11,13H2,1H3,(H,22,25). The Balaban J connectivity index is 1.54. The van der Waals surface area contributed by atoms with Crippen LogP contribution < -0.4 is 20.3 Å². The number of pyridine rings is 1. The van der Waals surface area contributed by atoms with Crippen LogP contribution in [0.4, 0.5) is 5.69 Å². The number of benzene rings is 2. The molecule has 6 heteroatoms. The lowest BCUT2D eigenvalue weighted by atomic mass is 10.1. The average molecular weight is 362 g/mol. The Morgan fingerprint density at radius 3 is 2.63 bits per heavy atom. The molecule has 1 aromatic heterocycles. The maximum atomic E-state index is 12.6. The number of carbonyl (C=O) groups is 1. The number of nitrogens with zero attached hydrogens (tertiary/aromatic N) is 1. The number of hydrogen-bond acceptors (Lipinski definition) is 4. The lowest BCUT2D eigenvalue weighted by Gasteiger charge is -2.10. The van der Waals surface area contributed by atoms with Gasteiger partial charge in [0.2, 0.25) is 6.79 Å². The van der Waals surface area contributed by atoms with Gasteiger partial charge in [0.05, 0.1) is 12.1 Å². The molecule has 136 valence electrons. The molecule has 0 fully saturated rings. The van der Waals surface area contributed by atoms with Crippen molar-refractivity contribution in [2.24, 2.45) is 0 Å². The highest BCUT2D eigenvalue weighted by Crippen LogP contribution is 2.34. The van der Waals surface area contributed by atoms with Gasteiger partial charge in [0.15, 0.2) is 11.5 Å². The van der Waals surface area contributed by atoms with Crippen molar-refractivity contribution in [3.8, 4) is 11.5 Å². The Morgan fingerprint density at radius 1 is 1.04 bits per heavy atom. The van der Waals surface area contributed by atoms with E-state index in [0.717, 1.165) is 11.1 Å². The lowest BCUT2D eigenvalue weighted by molar-refractivity contribution is 0.102. The molecule has 1 aliphatic heterocycles. The third-order valence-corrected chi connectivity index (χ3v) is 4.35. The number of fused-ring (bicyclic) bond motifs is 1. The second-order valence-corrected chi connectivity index (χ2v) is 6.39. The molecule has 0 spiro atoms. The van der Waals surface area contributed by atoms with Gasteiger partial charge in [-0.1, -0.05) is 29.8 Å². The molecule has 27 heavy (non-hydrogen) atoms. The maximum Gasteiger partial charge on any atom is 0.257 e. The molecule has 1 amide bonds. The summed E-state index contributed by atoms with van der Waals surface area (Å²) >= 11 is 0. The van der Waals surface area contributed by atoms with Crippen LogP contribution in [0.3, 0.4) is 0 Å². The molecule has 0 atom stereocenters. The molecule has 0 saturated heterocycles. The highest BCUT2D eigenvalue weighted by atomic mass is 16.7. The Hall–Kier alpha value is -3.54. The summed E-state index contributed by atoms with van der Waals surface area (Å²) in [6.07, 6.45) is 1.57. The Labute approximate surface area is 156 Å². The number of ether oxygens (including phenoxy) is 2. The molecule has 6 nitrogen and oxygen atoms in total. The number of aryl methyl sites for hydroxylation is 1. The van der Waals surface area contributed by atoms with Gasteiger partial charge in [0.1, 0.15) is 0 Å². The normalized spacial score (nSPS) is 12.0. The van der Waals surface area contributed by atoms with Crippen LogP contribution in [0, 0.1) is 6.92 Å². The molecule has 1 N–H and O–H groups in total. The minimum absolute atomic E-state index is 0.157. The molecule has 0 aliphatic carbocycles. The number of hydrogen-bond donors (Lipinski definition) is 1. The van der Waals surface area contributed by atoms with Crippen molar-refractivity contribution in [3.05, 3.63) is 87.8 Å². The molecule has 1 aliphatic rings. The third-order valence-electron chi connectivity index (χ3n) is 4.35. The number of rotatable bonds is 4. The smallest absolute Gasteiger partial charge is 0.257 e. The van der Waals surface area contributed by atoms with Gasteiger partial charge >= 0.3 is 0 Å². The summed E-state index contributed by atoms with van der Waals surface area (Å²) in [4.78, 5) is 24.7. The van der Waals surface area contributed by atoms with Gasteiger partial charge in [-0.05, 0) is 30.7 Å². The van der Waals surface area contributed by atoms with Crippen LogP contribution in [0.2, 0.25) is 0 Å². The van der Waals surface area contributed by atoms with E-state index >= 15 is 0 Å². The van der Waals surface area contributed by atoms with E-state index in [0.29, 0.717) is 29.3 Å². The van der Waals surface area contributed by atoms with Gasteiger partial charge in [-0.3, -0.25) is 9.59 Å². The van der Waals surface area contributed by atoms with Gasteiger partial charge in [0.25, 0.3) is 11.5 Å². The number of aromatic nitrogens is 1. The molecule has 0 bridgehead atoms. The van der Waals surface area contributed by atoms with E-state index in [2.05, 4.69) is 5.32 Å². The Kier molecular flexibility index (Phi) is 4.38. The first-order chi connectivity index (χ1) is 13.1. The average Bonchev–Trinajstić information content (AvgIpc) is 3.13. The maximum absolute atomic E-state index is 12.6. The summed E-state index contributed by atoms with van der Waals surface area (Å²) in [5.41, 5.74) is 2.99. The zero-order chi connectivity index (χ0) is 18.8. The summed E-state index contributed by atoms with van der Waals surface area (Å²) in [5.74, 6) is 0.948. The molecule has 2 heterocycles. The fourth-order valence-corrected chi connectivity index (χ4v) is 2.86. The van der Waals surface area contributed by atoms with Gasteiger partial charge in [-0.25, -0.2) is 0 Å². The number of amides is 1. The molecule has 4 rings (SSSR count). The molecule has 0 radical (unpaired) electrons. The first-order valence-corrected chi connectivity index (χ1v) is 8.55. The first kappa shape index (κ1) is 16.9. The number of anilines is 1. The van der Waals surface area contributed by atoms with E-state index in [1.165, 1.54) is 16.7 Å². The highest BCUT2D eigenvalue weighted by molar-refractivity contribution is 6.04. The predicted octanol–water partition coefficient (Wildman–Crippen LogP) is 3.19. The number of carbonyl (C=O) groups excluding carboxylic acids is 1. The highest BCUT2D eigenvalue weighted by Gasteiger charge is 2.15. The van der Waals surface area contributed by atoms with Crippen molar-refractivity contribution >= 4 is 11.6 Å². The topological polar surface area (TPSA) is 69.6 Å². The van der Waals surface area contributed by atoms with Crippen molar-refractivity contribution in [1.82, 2.24) is 4.57 Å². The largest absolute Gasteiger partial charge is 0.454 e. The van der Waals surface area contributed by atoms with Crippen molar-refractivity contribution in [2.45, 2.75) is 13.5 Å². The van der Waals surface area contributed by atoms with Crippen LogP contribution in [0.25, 0.3) is 0 Å². The molecular formula is C21H18N2O4. The zero-order valence-corrected chi connectivity index (χ0v) is 14.8. The summed E-state index contributed by atoms with van der Waals surface area (Å²) in [7, 11) is 0. The van der Waals surface area contributed by atoms with Crippen LogP contribution in [0.1, 0.15) is 21.5 Å². The second-order valence-electron chi connectivity index (χ2n) is 6.39. The minimum atomic E-state index is -0.300. The molecule has 2 aromatic carbocycles. The minimum Gasteiger partial charge on any atom is -0.454 e. The van der Waals surface area contributed by atoms with Crippen molar-refractivity contribution < 1.29 is 14.3 Å². The summed E-state index contributed by atoms with van der Waals surface area (Å²) in [5, 5.41) is 2.82. The quantitative estimate of drug-likeness (QED) is 0.774. The monoisotopic (exact) mass is 362 g/mol. The van der Waals surface area contributed by atoms with E-state index < -0.39 is 0 Å². The molecule has 0 unspecified atom stereocenters. The van der Waals surface area contributed by atoms with Gasteiger partial charge in [-0.15, -0.1) is 0 Å². The van der Waals surface area contributed by atoms with Crippen molar-refractivity contribution in [3.63, 3.8) is 0 Å². The summed E-state index contributed by atoms with van der Waals surface area (Å²) in [6.45, 7) is 2.60.